The molecule has 2 aromatic rings. The van der Waals surface area contributed by atoms with Gasteiger partial charge in [0.25, 0.3) is 0 Å². The van der Waals surface area contributed by atoms with E-state index in [9.17, 15) is 0 Å². The maximum Gasteiger partial charge on any atom is 0.119 e. The number of likely N-dealkylation sites (N-methyl/N-ethyl adjacent to an activating group) is 1. The Morgan fingerprint density at radius 1 is 1.09 bits per heavy atom. The van der Waals surface area contributed by atoms with Crippen molar-refractivity contribution in [3.8, 4) is 5.75 Å². The molecule has 0 radical (unpaired) electrons. The van der Waals surface area contributed by atoms with Crippen molar-refractivity contribution in [2.45, 2.75) is 6.42 Å². The molecule has 22 heavy (non-hydrogen) atoms. The summed E-state index contributed by atoms with van der Waals surface area (Å²) in [7, 11) is 1.92. The molecular formula is C19H22ClNO. The highest BCUT2D eigenvalue weighted by Crippen LogP contribution is 2.23. The number of nitrogens with one attached hydrogen (secondary N) is 1. The largest absolute Gasteiger partial charge is 0.492 e. The summed E-state index contributed by atoms with van der Waals surface area (Å²) in [5, 5.41) is 3.06. The maximum absolute atomic E-state index is 5.94. The molecule has 0 bridgehead atoms. The van der Waals surface area contributed by atoms with Gasteiger partial charge in [0.05, 0.1) is 0 Å². The predicted molar refractivity (Wildman–Crippen MR) is 95.5 cm³/mol. The van der Waals surface area contributed by atoms with E-state index >= 15 is 0 Å². The third-order valence-corrected chi connectivity index (χ3v) is 3.54. The minimum atomic E-state index is 0.617. The smallest absolute Gasteiger partial charge is 0.119 e. The zero-order valence-corrected chi connectivity index (χ0v) is 13.6. The standard InChI is InChI=1S/C19H22ClNO/c1-21-13-14-22-19-9-7-16(8-10-19)15-18(11-12-20)17-5-3-2-4-6-17/h2-10,15,21H,11-14H2,1H3/b18-15-. The van der Waals surface area contributed by atoms with Gasteiger partial charge in [0.2, 0.25) is 0 Å². The molecule has 0 saturated carbocycles. The number of allylic oxidation sites excluding steroid dienone is 1. The van der Waals surface area contributed by atoms with Crippen molar-refractivity contribution in [3.63, 3.8) is 0 Å². The normalized spacial score (nSPS) is 11.5. The van der Waals surface area contributed by atoms with E-state index in [1.54, 1.807) is 0 Å². The van der Waals surface area contributed by atoms with Crippen LogP contribution in [-0.2, 0) is 0 Å². The molecule has 0 aliphatic heterocycles. The maximum atomic E-state index is 5.94. The molecule has 0 spiro atoms. The van der Waals surface area contributed by atoms with Crippen LogP contribution in [0.3, 0.4) is 0 Å². The van der Waals surface area contributed by atoms with Crippen LogP contribution in [0.25, 0.3) is 11.6 Å². The van der Waals surface area contributed by atoms with Crippen molar-refractivity contribution in [2.24, 2.45) is 0 Å². The number of rotatable bonds is 8. The van der Waals surface area contributed by atoms with E-state index in [1.165, 1.54) is 11.1 Å². The Morgan fingerprint density at radius 2 is 1.82 bits per heavy atom. The molecule has 0 aliphatic carbocycles. The highest BCUT2D eigenvalue weighted by Gasteiger charge is 2.01. The van der Waals surface area contributed by atoms with Crippen LogP contribution in [-0.4, -0.2) is 26.1 Å². The molecule has 1 N–H and O–H groups in total. The van der Waals surface area contributed by atoms with Crippen LogP contribution in [0.15, 0.2) is 54.6 Å². The van der Waals surface area contributed by atoms with Crippen LogP contribution in [0.4, 0.5) is 0 Å². The molecule has 0 heterocycles. The summed E-state index contributed by atoms with van der Waals surface area (Å²) in [6, 6.07) is 18.5. The van der Waals surface area contributed by atoms with E-state index < -0.39 is 0 Å². The van der Waals surface area contributed by atoms with E-state index in [2.05, 4.69) is 47.8 Å². The van der Waals surface area contributed by atoms with Gasteiger partial charge in [0, 0.05) is 12.4 Å². The van der Waals surface area contributed by atoms with E-state index in [4.69, 9.17) is 16.3 Å². The lowest BCUT2D eigenvalue weighted by atomic mass is 10.0. The van der Waals surface area contributed by atoms with Crippen LogP contribution >= 0.6 is 11.6 Å². The summed E-state index contributed by atoms with van der Waals surface area (Å²) in [6.07, 6.45) is 3.04. The molecule has 0 amide bonds. The Bertz CT molecular complexity index is 578. The topological polar surface area (TPSA) is 21.3 Å². The number of alkyl halides is 1. The van der Waals surface area contributed by atoms with E-state index in [-0.39, 0.29) is 0 Å². The van der Waals surface area contributed by atoms with Gasteiger partial charge in [-0.1, -0.05) is 48.5 Å². The van der Waals surface area contributed by atoms with Gasteiger partial charge in [-0.05, 0) is 42.3 Å². The quantitative estimate of drug-likeness (QED) is 0.441. The Kier molecular flexibility index (Phi) is 7.01. The number of hydrogen-bond donors (Lipinski definition) is 1. The zero-order valence-electron chi connectivity index (χ0n) is 12.9. The molecule has 0 fully saturated rings. The first-order valence-electron chi connectivity index (χ1n) is 7.53. The van der Waals surface area contributed by atoms with Gasteiger partial charge in [-0.2, -0.15) is 0 Å². The lowest BCUT2D eigenvalue weighted by Crippen LogP contribution is -2.15. The minimum Gasteiger partial charge on any atom is -0.492 e. The van der Waals surface area contributed by atoms with Gasteiger partial charge in [-0.25, -0.2) is 0 Å². The van der Waals surface area contributed by atoms with E-state index in [1.807, 2.05) is 25.2 Å². The average molecular weight is 316 g/mol. The third kappa shape index (κ3) is 5.21. The number of ether oxygens (including phenoxy) is 1. The van der Waals surface area contributed by atoms with Crippen molar-refractivity contribution in [3.05, 3.63) is 65.7 Å². The van der Waals surface area contributed by atoms with Crippen LogP contribution in [0, 0.1) is 0 Å². The highest BCUT2D eigenvalue weighted by atomic mass is 35.5. The number of halogens is 1. The molecular weight excluding hydrogens is 294 g/mol. The summed E-state index contributed by atoms with van der Waals surface area (Å²) in [5.41, 5.74) is 3.63. The monoisotopic (exact) mass is 315 g/mol. The first kappa shape index (κ1) is 16.6. The first-order chi connectivity index (χ1) is 10.8. The SMILES string of the molecule is CNCCOc1ccc(/C=C(/CCCl)c2ccccc2)cc1. The first-order valence-corrected chi connectivity index (χ1v) is 8.06. The summed E-state index contributed by atoms with van der Waals surface area (Å²) >= 11 is 5.94. The second-order valence-corrected chi connectivity index (χ2v) is 5.37. The van der Waals surface area contributed by atoms with Crippen molar-refractivity contribution in [1.29, 1.82) is 0 Å². The molecule has 116 valence electrons. The summed E-state index contributed by atoms with van der Waals surface area (Å²) in [5.74, 6) is 1.51. The Labute approximate surface area is 137 Å². The van der Waals surface area contributed by atoms with Gasteiger partial charge >= 0.3 is 0 Å². The fourth-order valence-corrected chi connectivity index (χ4v) is 2.39. The van der Waals surface area contributed by atoms with Crippen LogP contribution in [0.5, 0.6) is 5.75 Å². The van der Waals surface area contributed by atoms with Crippen molar-refractivity contribution in [2.75, 3.05) is 26.1 Å². The Morgan fingerprint density at radius 3 is 2.45 bits per heavy atom. The van der Waals surface area contributed by atoms with E-state index in [0.717, 1.165) is 24.3 Å². The molecule has 0 atom stereocenters. The summed E-state index contributed by atoms with van der Waals surface area (Å²) in [4.78, 5) is 0. The van der Waals surface area contributed by atoms with Crippen LogP contribution < -0.4 is 10.1 Å². The third-order valence-electron chi connectivity index (χ3n) is 3.35. The average Bonchev–Trinajstić information content (AvgIpc) is 2.57. The summed E-state index contributed by atoms with van der Waals surface area (Å²) < 4.78 is 5.63. The zero-order chi connectivity index (χ0) is 15.6. The van der Waals surface area contributed by atoms with Crippen molar-refractivity contribution < 1.29 is 4.74 Å². The lowest BCUT2D eigenvalue weighted by Gasteiger charge is -2.08. The second kappa shape index (κ2) is 9.29. The predicted octanol–water partition coefficient (Wildman–Crippen LogP) is 4.45. The molecule has 0 saturated heterocycles. The summed E-state index contributed by atoms with van der Waals surface area (Å²) in [6.45, 7) is 1.52. The number of hydrogen-bond acceptors (Lipinski definition) is 2. The Hall–Kier alpha value is -1.77. The molecule has 0 aliphatic rings. The van der Waals surface area contributed by atoms with Crippen LogP contribution in [0.1, 0.15) is 17.5 Å². The molecule has 3 heteroatoms. The van der Waals surface area contributed by atoms with Gasteiger partial charge in [0.1, 0.15) is 12.4 Å². The number of benzene rings is 2. The fourth-order valence-electron chi connectivity index (χ4n) is 2.19. The van der Waals surface area contributed by atoms with Crippen molar-refractivity contribution in [1.82, 2.24) is 5.32 Å². The molecule has 0 unspecified atom stereocenters. The second-order valence-electron chi connectivity index (χ2n) is 5.00. The molecule has 0 aromatic heterocycles. The van der Waals surface area contributed by atoms with Crippen LogP contribution in [0.2, 0.25) is 0 Å². The van der Waals surface area contributed by atoms with Gasteiger partial charge in [0.15, 0.2) is 0 Å². The fraction of sp³-hybridized carbons (Fsp3) is 0.263. The molecule has 2 aromatic carbocycles. The molecule has 2 nitrogen and oxygen atoms in total. The highest BCUT2D eigenvalue weighted by molar-refractivity contribution is 6.18. The van der Waals surface area contributed by atoms with Gasteiger partial charge in [-0.3, -0.25) is 0 Å². The van der Waals surface area contributed by atoms with E-state index in [0.29, 0.717) is 12.5 Å². The molecule has 2 rings (SSSR count). The van der Waals surface area contributed by atoms with Gasteiger partial charge < -0.3 is 10.1 Å². The van der Waals surface area contributed by atoms with Gasteiger partial charge in [-0.15, -0.1) is 11.6 Å². The minimum absolute atomic E-state index is 0.617. The van der Waals surface area contributed by atoms with Crippen molar-refractivity contribution >= 4 is 23.3 Å². The lowest BCUT2D eigenvalue weighted by molar-refractivity contribution is 0.318. The Balaban J connectivity index is 2.11.